The maximum absolute atomic E-state index is 13.6. The van der Waals surface area contributed by atoms with Gasteiger partial charge in [0.05, 0.1) is 31.0 Å². The number of benzene rings is 2. The van der Waals surface area contributed by atoms with E-state index in [2.05, 4.69) is 17.2 Å². The molecule has 0 fully saturated rings. The van der Waals surface area contributed by atoms with Crippen molar-refractivity contribution >= 4 is 29.2 Å². The summed E-state index contributed by atoms with van der Waals surface area (Å²) in [6, 6.07) is 12.7. The van der Waals surface area contributed by atoms with Crippen LogP contribution in [0.5, 0.6) is 5.75 Å². The molecule has 0 radical (unpaired) electrons. The van der Waals surface area contributed by atoms with Gasteiger partial charge in [-0.15, -0.1) is 0 Å². The Morgan fingerprint density at radius 3 is 2.68 bits per heavy atom. The number of hydrogen-bond donors (Lipinski definition) is 1. The summed E-state index contributed by atoms with van der Waals surface area (Å²) in [7, 11) is 1.58. The molecule has 0 spiro atoms. The van der Waals surface area contributed by atoms with Crippen LogP contribution in [0.15, 0.2) is 63.5 Å². The van der Waals surface area contributed by atoms with Crippen LogP contribution in [0.4, 0.5) is 5.69 Å². The van der Waals surface area contributed by atoms with Crippen LogP contribution in [0.25, 0.3) is 6.20 Å². The number of carbonyl (C=O) groups is 1. The van der Waals surface area contributed by atoms with Gasteiger partial charge in [-0.2, -0.15) is 0 Å². The van der Waals surface area contributed by atoms with E-state index in [4.69, 9.17) is 9.47 Å². The topological polar surface area (TPSA) is 81.9 Å². The third-order valence-electron chi connectivity index (χ3n) is 5.80. The number of methoxy groups -OCH3 is 1. The first kappa shape index (κ1) is 23.5. The highest BCUT2D eigenvalue weighted by Crippen LogP contribution is 2.32. The van der Waals surface area contributed by atoms with E-state index >= 15 is 0 Å². The summed E-state index contributed by atoms with van der Waals surface area (Å²) in [5, 5.41) is 3.22. The lowest BCUT2D eigenvalue weighted by atomic mass is 9.95. The van der Waals surface area contributed by atoms with Gasteiger partial charge in [0.15, 0.2) is 4.80 Å². The summed E-state index contributed by atoms with van der Waals surface area (Å²) in [6.07, 6.45) is 1.69. The van der Waals surface area contributed by atoms with Crippen molar-refractivity contribution in [1.82, 2.24) is 4.57 Å². The molecule has 1 N–H and O–H groups in total. The highest BCUT2D eigenvalue weighted by atomic mass is 32.1. The van der Waals surface area contributed by atoms with E-state index in [0.717, 1.165) is 16.8 Å². The summed E-state index contributed by atoms with van der Waals surface area (Å²) in [4.78, 5) is 31.6. The average molecular weight is 478 g/mol. The van der Waals surface area contributed by atoms with E-state index in [1.807, 2.05) is 49.4 Å². The molecule has 0 unspecified atom stereocenters. The van der Waals surface area contributed by atoms with Crippen LogP contribution in [-0.4, -0.2) is 24.3 Å². The maximum Gasteiger partial charge on any atom is 0.338 e. The molecule has 8 heteroatoms. The molecule has 1 aliphatic heterocycles. The van der Waals surface area contributed by atoms with Crippen molar-refractivity contribution in [3.05, 3.63) is 90.1 Å². The van der Waals surface area contributed by atoms with Gasteiger partial charge in [-0.05, 0) is 68.7 Å². The second-order valence-corrected chi connectivity index (χ2v) is 9.03. The fraction of sp³-hybridized carbons (Fsp3) is 0.269. The second-order valence-electron chi connectivity index (χ2n) is 8.02. The van der Waals surface area contributed by atoms with Gasteiger partial charge in [0.25, 0.3) is 5.56 Å². The third kappa shape index (κ3) is 4.41. The lowest BCUT2D eigenvalue weighted by molar-refractivity contribution is -0.139. The molecule has 0 saturated heterocycles. The number of fused-ring (bicyclic) bond motifs is 1. The Labute approximate surface area is 201 Å². The highest BCUT2D eigenvalue weighted by Gasteiger charge is 2.33. The van der Waals surface area contributed by atoms with Gasteiger partial charge in [0.2, 0.25) is 0 Å². The number of carbonyl (C=O) groups excluding carboxylic acids is 1. The number of rotatable bonds is 6. The smallest absolute Gasteiger partial charge is 0.338 e. The van der Waals surface area contributed by atoms with Crippen LogP contribution in [0.2, 0.25) is 0 Å². The molecule has 1 aromatic heterocycles. The molecule has 34 heavy (non-hydrogen) atoms. The van der Waals surface area contributed by atoms with E-state index in [1.165, 1.54) is 16.9 Å². The minimum Gasteiger partial charge on any atom is -0.497 e. The van der Waals surface area contributed by atoms with Crippen LogP contribution >= 0.6 is 11.3 Å². The number of esters is 1. The molecule has 176 valence electrons. The molecule has 1 aliphatic rings. The molecular formula is C26H27N3O4S. The zero-order chi connectivity index (χ0) is 24.4. The van der Waals surface area contributed by atoms with Crippen molar-refractivity contribution in [3.63, 3.8) is 0 Å². The second kappa shape index (κ2) is 9.69. The number of aromatic nitrogens is 1. The highest BCUT2D eigenvalue weighted by molar-refractivity contribution is 7.07. The van der Waals surface area contributed by atoms with Gasteiger partial charge in [-0.25, -0.2) is 9.79 Å². The largest absolute Gasteiger partial charge is 0.497 e. The van der Waals surface area contributed by atoms with Crippen LogP contribution in [0, 0.1) is 13.8 Å². The molecule has 0 saturated carbocycles. The quantitative estimate of drug-likeness (QED) is 0.550. The molecule has 1 atom stereocenters. The molecule has 0 aliphatic carbocycles. The first-order valence-electron chi connectivity index (χ1n) is 11.0. The van der Waals surface area contributed by atoms with E-state index in [-0.39, 0.29) is 12.2 Å². The predicted octanol–water partition coefficient (Wildman–Crippen LogP) is 3.45. The number of nitrogens with one attached hydrogen (secondary N) is 1. The SMILES string of the molecule is CCOC(=O)C1=C(C)N=c2s/c(=C\Nc3ccc(C)c(C)c3)c(=O)n2[C@H]1c1cccc(OC)c1. The van der Waals surface area contributed by atoms with Crippen LogP contribution < -0.4 is 24.9 Å². The standard InChI is InChI=1S/C26H27N3O4S/c1-6-33-25(31)22-17(4)28-26-29(23(22)18-8-7-9-20(13-18)32-5)24(30)21(34-26)14-27-19-11-10-15(2)16(3)12-19/h7-14,23,27H,6H2,1-5H3/b21-14-/t23-/m0/s1. The summed E-state index contributed by atoms with van der Waals surface area (Å²) in [5.41, 5.74) is 4.63. The van der Waals surface area contributed by atoms with Gasteiger partial charge in [0, 0.05) is 11.9 Å². The van der Waals surface area contributed by atoms with Crippen LogP contribution in [-0.2, 0) is 9.53 Å². The Balaban J connectivity index is 1.86. The zero-order valence-electron chi connectivity index (χ0n) is 19.8. The minimum atomic E-state index is -0.672. The Morgan fingerprint density at radius 2 is 1.97 bits per heavy atom. The van der Waals surface area contributed by atoms with Crippen molar-refractivity contribution < 1.29 is 14.3 Å². The summed E-state index contributed by atoms with van der Waals surface area (Å²) < 4.78 is 12.8. The maximum atomic E-state index is 13.6. The first-order valence-corrected chi connectivity index (χ1v) is 11.8. The average Bonchev–Trinajstić information content (AvgIpc) is 3.13. The van der Waals surface area contributed by atoms with E-state index < -0.39 is 12.0 Å². The van der Waals surface area contributed by atoms with E-state index in [0.29, 0.717) is 26.4 Å². The van der Waals surface area contributed by atoms with Crippen molar-refractivity contribution in [2.45, 2.75) is 33.7 Å². The number of anilines is 1. The Hall–Kier alpha value is -3.65. The van der Waals surface area contributed by atoms with Crippen molar-refractivity contribution in [1.29, 1.82) is 0 Å². The Bertz CT molecular complexity index is 1470. The molecule has 7 nitrogen and oxygen atoms in total. The predicted molar refractivity (Wildman–Crippen MR) is 134 cm³/mol. The summed E-state index contributed by atoms with van der Waals surface area (Å²) in [6.45, 7) is 7.85. The monoisotopic (exact) mass is 477 g/mol. The van der Waals surface area contributed by atoms with Gasteiger partial charge in [-0.1, -0.05) is 29.5 Å². The number of thiazole rings is 1. The first-order chi connectivity index (χ1) is 16.3. The number of allylic oxidation sites excluding steroid dienone is 1. The molecular weight excluding hydrogens is 450 g/mol. The van der Waals surface area contributed by atoms with Crippen molar-refractivity contribution in [3.8, 4) is 5.75 Å². The Morgan fingerprint density at radius 1 is 1.18 bits per heavy atom. The number of hydrogen-bond acceptors (Lipinski definition) is 7. The van der Waals surface area contributed by atoms with Crippen LogP contribution in [0.3, 0.4) is 0 Å². The third-order valence-corrected chi connectivity index (χ3v) is 6.79. The normalized spacial score (nSPS) is 15.6. The minimum absolute atomic E-state index is 0.227. The van der Waals surface area contributed by atoms with Gasteiger partial charge in [0.1, 0.15) is 10.3 Å². The Kier molecular flexibility index (Phi) is 6.70. The fourth-order valence-corrected chi connectivity index (χ4v) is 4.87. The van der Waals surface area contributed by atoms with Crippen molar-refractivity contribution in [2.24, 2.45) is 4.99 Å². The molecule has 4 rings (SSSR count). The lowest BCUT2D eigenvalue weighted by Gasteiger charge is -2.24. The number of ether oxygens (including phenoxy) is 2. The van der Waals surface area contributed by atoms with Crippen LogP contribution in [0.1, 0.15) is 36.6 Å². The van der Waals surface area contributed by atoms with Gasteiger partial charge >= 0.3 is 5.97 Å². The van der Waals surface area contributed by atoms with E-state index in [9.17, 15) is 9.59 Å². The molecule has 2 heterocycles. The van der Waals surface area contributed by atoms with E-state index in [1.54, 1.807) is 31.7 Å². The lowest BCUT2D eigenvalue weighted by Crippen LogP contribution is -2.40. The number of nitrogens with zero attached hydrogens (tertiary/aromatic N) is 2. The summed E-state index contributed by atoms with van der Waals surface area (Å²) >= 11 is 1.28. The summed E-state index contributed by atoms with van der Waals surface area (Å²) in [5.74, 6) is 0.146. The fourth-order valence-electron chi connectivity index (χ4n) is 3.90. The molecule has 0 amide bonds. The van der Waals surface area contributed by atoms with Crippen molar-refractivity contribution in [2.75, 3.05) is 19.0 Å². The van der Waals surface area contributed by atoms with Gasteiger partial charge in [-0.3, -0.25) is 9.36 Å². The molecule has 0 bridgehead atoms. The number of aryl methyl sites for hydroxylation is 2. The van der Waals surface area contributed by atoms with Gasteiger partial charge < -0.3 is 14.8 Å². The zero-order valence-corrected chi connectivity index (χ0v) is 20.7. The molecule has 3 aromatic rings. The molecule has 2 aromatic carbocycles.